The fourth-order valence-corrected chi connectivity index (χ4v) is 6.31. The maximum Gasteiger partial charge on any atom is 0.326 e. The Kier molecular flexibility index (Phi) is 17.7. The molecule has 0 spiro atoms. The van der Waals surface area contributed by atoms with E-state index in [-0.39, 0.29) is 43.9 Å². The van der Waals surface area contributed by atoms with Crippen LogP contribution in [0.3, 0.4) is 0 Å². The van der Waals surface area contributed by atoms with Crippen LogP contribution in [0.25, 0.3) is 0 Å². The fraction of sp³-hybridized carbons (Fsp3) is 0.611. The van der Waals surface area contributed by atoms with Gasteiger partial charge in [-0.2, -0.15) is 0 Å². The fourth-order valence-electron chi connectivity index (χ4n) is 6.31. The summed E-state index contributed by atoms with van der Waals surface area (Å²) in [6.07, 6.45) is 3.44. The number of carboxylic acids is 2. The van der Waals surface area contributed by atoms with Crippen LogP contribution >= 0.6 is 0 Å². The van der Waals surface area contributed by atoms with Crippen LogP contribution in [0.5, 0.6) is 0 Å². The van der Waals surface area contributed by atoms with E-state index in [1.165, 1.54) is 14.0 Å². The van der Waals surface area contributed by atoms with E-state index in [9.17, 15) is 48.6 Å². The van der Waals surface area contributed by atoms with Crippen molar-refractivity contribution in [1.29, 1.82) is 0 Å². The van der Waals surface area contributed by atoms with Gasteiger partial charge >= 0.3 is 11.9 Å². The molecule has 16 heteroatoms. The normalized spacial score (nSPS) is 15.9. The Labute approximate surface area is 304 Å². The van der Waals surface area contributed by atoms with Gasteiger partial charge in [-0.15, -0.1) is 0 Å². The van der Waals surface area contributed by atoms with E-state index in [1.54, 1.807) is 44.2 Å². The monoisotopic (exact) mass is 730 g/mol. The second-order valence-electron chi connectivity index (χ2n) is 13.9. The van der Waals surface area contributed by atoms with Crippen LogP contribution in [0.1, 0.15) is 90.5 Å². The lowest BCUT2D eigenvalue weighted by atomic mass is 9.84. The Morgan fingerprint density at radius 1 is 0.808 bits per heavy atom. The summed E-state index contributed by atoms with van der Waals surface area (Å²) >= 11 is 0. The van der Waals surface area contributed by atoms with Gasteiger partial charge in [-0.3, -0.25) is 33.6 Å². The van der Waals surface area contributed by atoms with Crippen LogP contribution in [-0.4, -0.2) is 99.8 Å². The zero-order valence-electron chi connectivity index (χ0n) is 30.4. The summed E-state index contributed by atoms with van der Waals surface area (Å²) in [5.74, 6) is -7.38. The maximum atomic E-state index is 13.8. The summed E-state index contributed by atoms with van der Waals surface area (Å²) in [5.41, 5.74) is 5.92. The molecule has 16 nitrogen and oxygen atoms in total. The molecule has 52 heavy (non-hydrogen) atoms. The molecule has 1 aromatic rings. The van der Waals surface area contributed by atoms with Crippen molar-refractivity contribution in [2.24, 2.45) is 17.6 Å². The molecule has 1 aliphatic carbocycles. The second kappa shape index (κ2) is 21.4. The van der Waals surface area contributed by atoms with Gasteiger partial charge in [0.25, 0.3) is 0 Å². The van der Waals surface area contributed by atoms with Crippen molar-refractivity contribution in [3.63, 3.8) is 0 Å². The summed E-state index contributed by atoms with van der Waals surface area (Å²) in [6.45, 7) is 4.77. The quantitative estimate of drug-likeness (QED) is 0.0939. The highest BCUT2D eigenvalue weighted by Crippen LogP contribution is 2.27. The lowest BCUT2D eigenvalue weighted by molar-refractivity contribution is -0.150. The third kappa shape index (κ3) is 15.1. The number of carbonyl (C=O) groups is 8. The summed E-state index contributed by atoms with van der Waals surface area (Å²) in [6, 6.07) is 2.07. The van der Waals surface area contributed by atoms with Gasteiger partial charge in [0.15, 0.2) is 0 Å². The van der Waals surface area contributed by atoms with Crippen molar-refractivity contribution in [3.05, 3.63) is 35.9 Å². The first-order valence-electron chi connectivity index (χ1n) is 17.7. The molecule has 1 saturated carbocycles. The van der Waals surface area contributed by atoms with Crippen molar-refractivity contribution < 1.29 is 48.6 Å². The first-order chi connectivity index (χ1) is 24.5. The topological polar surface area (TPSA) is 254 Å². The number of likely N-dealkylation sites (N-methyl/N-ethyl adjacent to an activating group) is 1. The number of primary amides is 1. The lowest BCUT2D eigenvalue weighted by Crippen LogP contribution is -2.59. The van der Waals surface area contributed by atoms with Crippen molar-refractivity contribution in [1.82, 2.24) is 26.2 Å². The van der Waals surface area contributed by atoms with Gasteiger partial charge in [-0.05, 0) is 36.7 Å². The molecule has 1 aromatic carbocycles. The molecule has 5 atom stereocenters. The number of hydrogen-bond acceptors (Lipinski definition) is 8. The van der Waals surface area contributed by atoms with E-state index in [0.29, 0.717) is 5.56 Å². The molecular weight excluding hydrogens is 676 g/mol. The minimum absolute atomic E-state index is 0.00210. The minimum atomic E-state index is -1.68. The van der Waals surface area contributed by atoms with E-state index >= 15 is 0 Å². The molecule has 6 amide bonds. The molecule has 0 unspecified atom stereocenters. The molecule has 1 fully saturated rings. The Morgan fingerprint density at radius 2 is 1.37 bits per heavy atom. The molecule has 0 heterocycles. The number of nitrogens with one attached hydrogen (secondary N) is 4. The summed E-state index contributed by atoms with van der Waals surface area (Å²) in [7, 11) is 1.32. The Morgan fingerprint density at radius 3 is 1.90 bits per heavy atom. The highest BCUT2D eigenvalue weighted by Gasteiger charge is 2.36. The largest absolute Gasteiger partial charge is 0.481 e. The highest BCUT2D eigenvalue weighted by atomic mass is 16.4. The van der Waals surface area contributed by atoms with E-state index in [1.807, 2.05) is 0 Å². The summed E-state index contributed by atoms with van der Waals surface area (Å²) in [5, 5.41) is 29.7. The van der Waals surface area contributed by atoms with Crippen LogP contribution in [-0.2, 0) is 44.8 Å². The van der Waals surface area contributed by atoms with Gasteiger partial charge in [0.2, 0.25) is 35.4 Å². The summed E-state index contributed by atoms with van der Waals surface area (Å²) in [4.78, 5) is 103. The van der Waals surface area contributed by atoms with Crippen LogP contribution in [0.4, 0.5) is 0 Å². The number of amides is 6. The van der Waals surface area contributed by atoms with Gasteiger partial charge in [0, 0.05) is 26.8 Å². The van der Waals surface area contributed by atoms with Crippen molar-refractivity contribution in [3.8, 4) is 0 Å². The number of rotatable bonds is 21. The van der Waals surface area contributed by atoms with Gasteiger partial charge in [0.05, 0.1) is 6.42 Å². The third-order valence-electron chi connectivity index (χ3n) is 9.01. The SMILES string of the molecule is CC(=O)N[C@@H](CCC(N)=O)C(=O)N[C@@H](CC1CCCCC1)C(=O)N[C@@H](CC(=O)O)C(=O)N[C@@H](CC(C)C)C(=O)N(C)[C@@H](Cc1ccccc1)C(=O)O. The van der Waals surface area contributed by atoms with Crippen LogP contribution in [0, 0.1) is 11.8 Å². The molecule has 2 rings (SSSR count). The molecule has 8 N–H and O–H groups in total. The number of carboxylic acid groups (broad SMARTS) is 2. The average Bonchev–Trinajstić information content (AvgIpc) is 3.07. The standard InChI is InChI=1S/C36H54N6O10/c1-21(2)17-28(35(50)42(4)29(36(51)52)19-24-13-9-6-10-14-24)41-34(49)27(20-31(45)46)40-33(48)26(18-23-11-7-5-8-12-23)39-32(47)25(38-22(3)43)15-16-30(37)44/h6,9-10,13-14,21,23,25-29H,5,7-8,11-12,15-20H2,1-4H3,(H2,37,44)(H,38,43)(H,39,47)(H,40,48)(H,41,49)(H,45,46)(H,51,52)/t25-,26-,27-,28-,29-/m0/s1. The van der Waals surface area contributed by atoms with E-state index < -0.39 is 84.0 Å². The highest BCUT2D eigenvalue weighted by molar-refractivity contribution is 5.97. The minimum Gasteiger partial charge on any atom is -0.481 e. The maximum absolute atomic E-state index is 13.8. The zero-order chi connectivity index (χ0) is 39.0. The van der Waals surface area contributed by atoms with Crippen LogP contribution in [0.15, 0.2) is 30.3 Å². The number of hydrogen-bond donors (Lipinski definition) is 7. The van der Waals surface area contributed by atoms with Gasteiger partial charge < -0.3 is 42.1 Å². The van der Waals surface area contributed by atoms with Crippen molar-refractivity contribution >= 4 is 47.4 Å². The van der Waals surface area contributed by atoms with Gasteiger partial charge in [-0.1, -0.05) is 76.3 Å². The molecule has 288 valence electrons. The molecule has 0 aliphatic heterocycles. The number of carbonyl (C=O) groups excluding carboxylic acids is 6. The Hall–Kier alpha value is -5.02. The number of nitrogens with two attached hydrogens (primary N) is 1. The Balaban J connectivity index is 2.33. The molecule has 0 saturated heterocycles. The summed E-state index contributed by atoms with van der Waals surface area (Å²) < 4.78 is 0. The Bertz CT molecular complexity index is 1420. The molecule has 0 bridgehead atoms. The molecule has 1 aliphatic rings. The van der Waals surface area contributed by atoms with E-state index in [2.05, 4.69) is 21.3 Å². The molecule has 0 aromatic heterocycles. The molecule has 0 radical (unpaired) electrons. The van der Waals surface area contributed by atoms with E-state index in [4.69, 9.17) is 5.73 Å². The number of benzene rings is 1. The predicted molar refractivity (Wildman–Crippen MR) is 189 cm³/mol. The van der Waals surface area contributed by atoms with Crippen molar-refractivity contribution in [2.75, 3.05) is 7.05 Å². The predicted octanol–water partition coefficient (Wildman–Crippen LogP) is 0.857. The smallest absolute Gasteiger partial charge is 0.326 e. The first kappa shape index (κ1) is 43.1. The average molecular weight is 731 g/mol. The second-order valence-corrected chi connectivity index (χ2v) is 13.9. The molecular formula is C36H54N6O10. The van der Waals surface area contributed by atoms with Gasteiger partial charge in [0.1, 0.15) is 30.2 Å². The van der Waals surface area contributed by atoms with Gasteiger partial charge in [-0.25, -0.2) is 4.79 Å². The van der Waals surface area contributed by atoms with Crippen LogP contribution in [0.2, 0.25) is 0 Å². The number of aliphatic carboxylic acids is 2. The number of nitrogens with zero attached hydrogens (tertiary/aromatic N) is 1. The van der Waals surface area contributed by atoms with Crippen LogP contribution < -0.4 is 27.0 Å². The first-order valence-corrected chi connectivity index (χ1v) is 17.7. The van der Waals surface area contributed by atoms with Crippen molar-refractivity contribution in [2.45, 2.75) is 122 Å². The zero-order valence-corrected chi connectivity index (χ0v) is 30.4. The third-order valence-corrected chi connectivity index (χ3v) is 9.01. The van der Waals surface area contributed by atoms with E-state index in [0.717, 1.165) is 37.0 Å². The lowest BCUT2D eigenvalue weighted by Gasteiger charge is -2.31.